The molecular formula is C42H56N2. The summed E-state index contributed by atoms with van der Waals surface area (Å²) in [4.78, 5) is 0. The number of para-hydroxylation sites is 2. The Bertz CT molecular complexity index is 1240. The molecule has 234 valence electrons. The monoisotopic (exact) mass is 588 g/mol. The molecule has 4 aliphatic rings. The van der Waals surface area contributed by atoms with Crippen LogP contribution in [0.4, 0.5) is 22.7 Å². The molecule has 4 saturated carbocycles. The third-order valence-electron chi connectivity index (χ3n) is 11.9. The lowest BCUT2D eigenvalue weighted by molar-refractivity contribution is 0.440. The molecule has 2 heteroatoms. The molecule has 0 unspecified atom stereocenters. The highest BCUT2D eigenvalue weighted by atomic mass is 14.9. The first-order valence-electron chi connectivity index (χ1n) is 18.7. The SMILES string of the molecule is c1ccc(C2CCCCC2)c(Nc2cc(C3CCCCC3)c(Nc3ccccc3C3CCCCC3)cc2C2CCCCC2)c1. The zero-order valence-corrected chi connectivity index (χ0v) is 27.2. The summed E-state index contributed by atoms with van der Waals surface area (Å²) in [6.45, 7) is 0. The van der Waals surface area contributed by atoms with Crippen molar-refractivity contribution in [2.24, 2.45) is 0 Å². The van der Waals surface area contributed by atoms with E-state index in [1.54, 1.807) is 22.3 Å². The van der Waals surface area contributed by atoms with E-state index in [1.165, 1.54) is 151 Å². The maximum Gasteiger partial charge on any atom is 0.0424 e. The third-order valence-corrected chi connectivity index (χ3v) is 11.9. The predicted molar refractivity (Wildman–Crippen MR) is 189 cm³/mol. The third kappa shape index (κ3) is 6.90. The molecule has 0 bridgehead atoms. The summed E-state index contributed by atoms with van der Waals surface area (Å²) in [5.74, 6) is 2.67. The standard InChI is InChI=1S/C42H56N2/c1-5-17-31(18-6-1)35-25-13-15-27-39(35)43-41-29-38(34-23-11-4-12-24-34)42(30-37(41)33-21-9-3-10-22-33)44-40-28-16-14-26-36(40)32-19-7-2-8-20-32/h13-16,25-34,43-44H,1-12,17-24H2. The number of hydrogen-bond acceptors (Lipinski definition) is 2. The second kappa shape index (κ2) is 14.6. The van der Waals surface area contributed by atoms with Crippen LogP contribution in [-0.4, -0.2) is 0 Å². The molecule has 2 nitrogen and oxygen atoms in total. The highest BCUT2D eigenvalue weighted by Crippen LogP contribution is 2.47. The summed E-state index contributed by atoms with van der Waals surface area (Å²) in [6, 6.07) is 23.8. The molecule has 3 aromatic carbocycles. The molecule has 0 atom stereocenters. The van der Waals surface area contributed by atoms with Gasteiger partial charge in [0.2, 0.25) is 0 Å². The molecule has 0 radical (unpaired) electrons. The van der Waals surface area contributed by atoms with Crippen LogP contribution in [0, 0.1) is 0 Å². The fourth-order valence-corrected chi connectivity index (χ4v) is 9.40. The van der Waals surface area contributed by atoms with Crippen LogP contribution >= 0.6 is 0 Å². The molecule has 0 spiro atoms. The highest BCUT2D eigenvalue weighted by molar-refractivity contribution is 5.76. The minimum atomic E-state index is 0.641. The van der Waals surface area contributed by atoms with Crippen molar-refractivity contribution in [2.45, 2.75) is 152 Å². The molecular weight excluding hydrogens is 532 g/mol. The molecule has 0 saturated heterocycles. The van der Waals surface area contributed by atoms with Crippen LogP contribution < -0.4 is 10.6 Å². The lowest BCUT2D eigenvalue weighted by atomic mass is 9.79. The van der Waals surface area contributed by atoms with Gasteiger partial charge in [-0.25, -0.2) is 0 Å². The zero-order chi connectivity index (χ0) is 29.6. The lowest BCUT2D eigenvalue weighted by Crippen LogP contribution is -2.14. The van der Waals surface area contributed by atoms with E-state index in [0.29, 0.717) is 23.7 Å². The smallest absolute Gasteiger partial charge is 0.0424 e. The molecule has 44 heavy (non-hydrogen) atoms. The first-order valence-corrected chi connectivity index (χ1v) is 18.7. The zero-order valence-electron chi connectivity index (χ0n) is 27.2. The Morgan fingerprint density at radius 2 is 0.614 bits per heavy atom. The van der Waals surface area contributed by atoms with Gasteiger partial charge in [-0.2, -0.15) is 0 Å². The summed E-state index contributed by atoms with van der Waals surface area (Å²) < 4.78 is 0. The average Bonchev–Trinajstić information content (AvgIpc) is 3.11. The number of rotatable bonds is 8. The van der Waals surface area contributed by atoms with Crippen molar-refractivity contribution < 1.29 is 0 Å². The topological polar surface area (TPSA) is 24.1 Å². The maximum atomic E-state index is 4.14. The minimum absolute atomic E-state index is 0.641. The van der Waals surface area contributed by atoms with Crippen LogP contribution in [-0.2, 0) is 0 Å². The van der Waals surface area contributed by atoms with Gasteiger partial charge in [-0.15, -0.1) is 0 Å². The molecule has 3 aromatic rings. The summed E-state index contributed by atoms with van der Waals surface area (Å²) in [5.41, 5.74) is 11.7. The molecule has 0 amide bonds. The van der Waals surface area contributed by atoms with E-state index in [9.17, 15) is 0 Å². The first kappa shape index (κ1) is 29.9. The Balaban J connectivity index is 1.30. The van der Waals surface area contributed by atoms with Crippen molar-refractivity contribution in [3.05, 3.63) is 82.9 Å². The Kier molecular flexibility index (Phi) is 9.92. The lowest BCUT2D eigenvalue weighted by Gasteiger charge is -2.31. The van der Waals surface area contributed by atoms with E-state index in [0.717, 1.165) is 0 Å². The first-order chi connectivity index (χ1) is 21.8. The van der Waals surface area contributed by atoms with Gasteiger partial charge in [0.1, 0.15) is 0 Å². The van der Waals surface area contributed by atoms with Crippen LogP contribution in [0.15, 0.2) is 60.7 Å². The van der Waals surface area contributed by atoms with Crippen molar-refractivity contribution >= 4 is 22.7 Å². The number of nitrogens with one attached hydrogen (secondary N) is 2. The van der Waals surface area contributed by atoms with Crippen LogP contribution in [0.5, 0.6) is 0 Å². The van der Waals surface area contributed by atoms with Crippen molar-refractivity contribution in [3.8, 4) is 0 Å². The summed E-state index contributed by atoms with van der Waals surface area (Å²) in [6.07, 6.45) is 27.2. The molecule has 0 heterocycles. The largest absolute Gasteiger partial charge is 0.355 e. The fourth-order valence-electron chi connectivity index (χ4n) is 9.40. The molecule has 0 aliphatic heterocycles. The van der Waals surface area contributed by atoms with Gasteiger partial charge in [0, 0.05) is 22.7 Å². The van der Waals surface area contributed by atoms with E-state index < -0.39 is 0 Å². The Labute approximate surface area is 267 Å². The second-order valence-corrected chi connectivity index (χ2v) is 14.8. The van der Waals surface area contributed by atoms with Gasteiger partial charge in [0.25, 0.3) is 0 Å². The van der Waals surface area contributed by atoms with E-state index in [4.69, 9.17) is 0 Å². The van der Waals surface area contributed by atoms with E-state index in [-0.39, 0.29) is 0 Å². The normalized spacial score (nSPS) is 21.3. The minimum Gasteiger partial charge on any atom is -0.355 e. The molecule has 0 aromatic heterocycles. The van der Waals surface area contributed by atoms with Crippen molar-refractivity contribution in [2.75, 3.05) is 10.6 Å². The van der Waals surface area contributed by atoms with E-state index in [1.807, 2.05) is 0 Å². The Morgan fingerprint density at radius 3 is 0.955 bits per heavy atom. The Hall–Kier alpha value is -2.74. The van der Waals surface area contributed by atoms with Crippen LogP contribution in [0.2, 0.25) is 0 Å². The molecule has 7 rings (SSSR count). The fraction of sp³-hybridized carbons (Fsp3) is 0.571. The average molecular weight is 589 g/mol. The number of anilines is 4. The molecule has 4 aliphatic carbocycles. The molecule has 2 N–H and O–H groups in total. The number of hydrogen-bond donors (Lipinski definition) is 2. The van der Waals surface area contributed by atoms with Gasteiger partial charge < -0.3 is 10.6 Å². The van der Waals surface area contributed by atoms with Gasteiger partial charge in [-0.3, -0.25) is 0 Å². The van der Waals surface area contributed by atoms with Crippen molar-refractivity contribution in [3.63, 3.8) is 0 Å². The number of benzene rings is 3. The molecule has 4 fully saturated rings. The van der Waals surface area contributed by atoms with Gasteiger partial charge in [0.05, 0.1) is 0 Å². The summed E-state index contributed by atoms with van der Waals surface area (Å²) in [5, 5.41) is 8.28. The maximum absolute atomic E-state index is 4.14. The second-order valence-electron chi connectivity index (χ2n) is 14.8. The van der Waals surface area contributed by atoms with Crippen molar-refractivity contribution in [1.29, 1.82) is 0 Å². The quantitative estimate of drug-likeness (QED) is 0.273. The van der Waals surface area contributed by atoms with Gasteiger partial charge >= 0.3 is 0 Å². The predicted octanol–water partition coefficient (Wildman–Crippen LogP) is 13.4. The van der Waals surface area contributed by atoms with E-state index >= 15 is 0 Å². The van der Waals surface area contributed by atoms with Crippen LogP contribution in [0.25, 0.3) is 0 Å². The summed E-state index contributed by atoms with van der Waals surface area (Å²) >= 11 is 0. The Morgan fingerprint density at radius 1 is 0.318 bits per heavy atom. The van der Waals surface area contributed by atoms with Gasteiger partial charge in [-0.05, 0) is 122 Å². The van der Waals surface area contributed by atoms with Gasteiger partial charge in [-0.1, -0.05) is 113 Å². The van der Waals surface area contributed by atoms with Crippen LogP contribution in [0.1, 0.15) is 174 Å². The van der Waals surface area contributed by atoms with Gasteiger partial charge in [0.15, 0.2) is 0 Å². The van der Waals surface area contributed by atoms with Crippen molar-refractivity contribution in [1.82, 2.24) is 0 Å². The van der Waals surface area contributed by atoms with E-state index in [2.05, 4.69) is 71.3 Å². The summed E-state index contributed by atoms with van der Waals surface area (Å²) in [7, 11) is 0. The highest BCUT2D eigenvalue weighted by Gasteiger charge is 2.27. The van der Waals surface area contributed by atoms with Crippen LogP contribution in [0.3, 0.4) is 0 Å².